The van der Waals surface area contributed by atoms with Crippen LogP contribution in [0, 0.1) is 11.8 Å². The maximum absolute atomic E-state index is 11.9. The molecule has 4 aliphatic rings. The Bertz CT molecular complexity index is 1000. The first-order chi connectivity index (χ1) is 22.1. The molecule has 2 unspecified atom stereocenters. The van der Waals surface area contributed by atoms with E-state index in [9.17, 15) is 4.79 Å². The van der Waals surface area contributed by atoms with Gasteiger partial charge in [0.2, 0.25) is 5.91 Å². The van der Waals surface area contributed by atoms with Crippen LogP contribution in [0.15, 0.2) is 42.5 Å². The Morgan fingerprint density at radius 3 is 2.22 bits per heavy atom. The Kier molecular flexibility index (Phi) is 14.2. The van der Waals surface area contributed by atoms with Crippen LogP contribution in [0.4, 0.5) is 0 Å². The fourth-order valence-electron chi connectivity index (χ4n) is 7.51. The number of rotatable bonds is 17. The summed E-state index contributed by atoms with van der Waals surface area (Å²) < 4.78 is 38.4. The van der Waals surface area contributed by atoms with Gasteiger partial charge in [-0.25, -0.2) is 0 Å². The third kappa shape index (κ3) is 10.9. The molecule has 0 radical (unpaired) electrons. The van der Waals surface area contributed by atoms with Gasteiger partial charge in [0, 0.05) is 45.4 Å². The molecule has 8 heteroatoms. The van der Waals surface area contributed by atoms with Gasteiger partial charge in [-0.05, 0) is 95.0 Å². The zero-order chi connectivity index (χ0) is 31.2. The second-order valence-corrected chi connectivity index (χ2v) is 13.2. The average molecular weight is 628 g/mol. The van der Waals surface area contributed by atoms with Crippen LogP contribution in [0.3, 0.4) is 0 Å². The van der Waals surface area contributed by atoms with Crippen LogP contribution in [-0.4, -0.2) is 69.5 Å². The van der Waals surface area contributed by atoms with Crippen LogP contribution in [0.2, 0.25) is 0 Å². The van der Waals surface area contributed by atoms with Crippen LogP contribution in [0.25, 0.3) is 0 Å². The van der Waals surface area contributed by atoms with E-state index in [1.807, 2.05) is 6.92 Å². The third-order valence-corrected chi connectivity index (χ3v) is 9.93. The van der Waals surface area contributed by atoms with E-state index in [4.69, 9.17) is 28.4 Å². The third-order valence-electron chi connectivity index (χ3n) is 9.93. The molecule has 1 amide bonds. The first-order valence-corrected chi connectivity index (χ1v) is 17.9. The predicted molar refractivity (Wildman–Crippen MR) is 173 cm³/mol. The van der Waals surface area contributed by atoms with Crippen molar-refractivity contribution in [3.8, 4) is 0 Å². The molecule has 1 aliphatic carbocycles. The second kappa shape index (κ2) is 18.5. The van der Waals surface area contributed by atoms with Crippen LogP contribution < -0.4 is 5.32 Å². The van der Waals surface area contributed by atoms with Crippen LogP contribution in [-0.2, 0) is 39.6 Å². The summed E-state index contributed by atoms with van der Waals surface area (Å²) in [6.45, 7) is 5.46. The van der Waals surface area contributed by atoms with E-state index in [-0.39, 0.29) is 42.5 Å². The summed E-state index contributed by atoms with van der Waals surface area (Å²) in [7, 11) is 0. The Morgan fingerprint density at radius 1 is 0.889 bits per heavy atom. The van der Waals surface area contributed by atoms with Crippen molar-refractivity contribution in [3.63, 3.8) is 0 Å². The fourth-order valence-corrected chi connectivity index (χ4v) is 7.51. The molecule has 3 heterocycles. The monoisotopic (exact) mass is 627 g/mol. The van der Waals surface area contributed by atoms with Crippen molar-refractivity contribution in [2.75, 3.05) is 33.0 Å². The maximum Gasteiger partial charge on any atom is 0.219 e. The lowest BCUT2D eigenvalue weighted by molar-refractivity contribution is -0.205. The molecule has 5 rings (SSSR count). The van der Waals surface area contributed by atoms with Crippen LogP contribution in [0.5, 0.6) is 0 Å². The molecule has 1 aromatic carbocycles. The highest BCUT2D eigenvalue weighted by molar-refractivity contribution is 5.75. The van der Waals surface area contributed by atoms with Gasteiger partial charge >= 0.3 is 0 Å². The highest BCUT2D eigenvalue weighted by Crippen LogP contribution is 2.45. The zero-order valence-corrected chi connectivity index (χ0v) is 27.5. The number of amides is 1. The molecule has 0 spiro atoms. The number of allylic oxidation sites excluding steroid dienone is 2. The van der Waals surface area contributed by atoms with Gasteiger partial charge in [-0.3, -0.25) is 4.79 Å². The van der Waals surface area contributed by atoms with Gasteiger partial charge in [0.05, 0.1) is 25.4 Å². The van der Waals surface area contributed by atoms with Gasteiger partial charge in [-0.1, -0.05) is 42.5 Å². The standard InChI is InChI=1S/C37H57NO7/c1-2-38-34(39)17-9-4-3-8-16-30-31(21-23-37(42-26-27-43-37)22-20-29-14-6-5-7-15-29)33(45-36-19-11-13-25-41-36)28-32(30)44-35-18-10-12-24-40-35/h3,5-8,14-15,30-33,35-36H,2,4,9-13,16-28H2,1H3,(H,38,39)/b8-3-/t30-,31-,32+,33+,35?,36?/m1/s1. The summed E-state index contributed by atoms with van der Waals surface area (Å²) in [5, 5.41) is 2.89. The van der Waals surface area contributed by atoms with Gasteiger partial charge < -0.3 is 33.7 Å². The number of aryl methyl sites for hydroxylation is 1. The van der Waals surface area contributed by atoms with Crippen LogP contribution in [0.1, 0.15) is 102 Å². The summed E-state index contributed by atoms with van der Waals surface area (Å²) >= 11 is 0. The summed E-state index contributed by atoms with van der Waals surface area (Å²) in [5.74, 6) is 0.138. The number of carbonyl (C=O) groups is 1. The van der Waals surface area contributed by atoms with E-state index in [0.717, 1.165) is 103 Å². The van der Waals surface area contributed by atoms with Gasteiger partial charge in [0.15, 0.2) is 18.4 Å². The first-order valence-electron chi connectivity index (χ1n) is 17.9. The molecule has 1 aromatic rings. The second-order valence-electron chi connectivity index (χ2n) is 13.2. The molecule has 3 saturated heterocycles. The van der Waals surface area contributed by atoms with E-state index in [1.54, 1.807) is 0 Å². The van der Waals surface area contributed by atoms with Crippen molar-refractivity contribution in [3.05, 3.63) is 48.0 Å². The number of hydrogen-bond acceptors (Lipinski definition) is 7. The number of nitrogens with one attached hydrogen (secondary N) is 1. The van der Waals surface area contributed by atoms with Crippen molar-refractivity contribution >= 4 is 5.91 Å². The zero-order valence-electron chi connectivity index (χ0n) is 27.5. The highest BCUT2D eigenvalue weighted by Gasteiger charge is 2.47. The molecular weight excluding hydrogens is 570 g/mol. The molecule has 1 N–H and O–H groups in total. The van der Waals surface area contributed by atoms with Crippen molar-refractivity contribution in [2.24, 2.45) is 11.8 Å². The SMILES string of the molecule is CCNC(=O)CCC/C=C\C[C@@H]1[C@@H](CCC2(CCc3ccccc3)OCCO2)[C@@H](OC2CCCCO2)C[C@@H]1OC1CCCCO1. The lowest BCUT2D eigenvalue weighted by Crippen LogP contribution is -2.35. The molecule has 1 saturated carbocycles. The maximum atomic E-state index is 11.9. The van der Waals surface area contributed by atoms with Crippen molar-refractivity contribution < 1.29 is 33.2 Å². The molecule has 3 aliphatic heterocycles. The molecule has 252 valence electrons. The lowest BCUT2D eigenvalue weighted by Gasteiger charge is -2.34. The summed E-state index contributed by atoms with van der Waals surface area (Å²) in [4.78, 5) is 11.9. The van der Waals surface area contributed by atoms with Gasteiger partial charge in [-0.15, -0.1) is 0 Å². The smallest absolute Gasteiger partial charge is 0.219 e. The molecule has 8 nitrogen and oxygen atoms in total. The van der Waals surface area contributed by atoms with Crippen molar-refractivity contribution in [2.45, 2.75) is 134 Å². The average Bonchev–Trinajstić information content (AvgIpc) is 3.67. The van der Waals surface area contributed by atoms with Gasteiger partial charge in [0.25, 0.3) is 0 Å². The summed E-state index contributed by atoms with van der Waals surface area (Å²) in [5.41, 5.74) is 1.31. The predicted octanol–water partition coefficient (Wildman–Crippen LogP) is 6.85. The Balaban J connectivity index is 1.28. The largest absolute Gasteiger partial charge is 0.356 e. The Hall–Kier alpha value is -1.81. The molecule has 4 fully saturated rings. The molecule has 0 aromatic heterocycles. The van der Waals surface area contributed by atoms with Gasteiger partial charge in [-0.2, -0.15) is 0 Å². The van der Waals surface area contributed by atoms with Crippen molar-refractivity contribution in [1.29, 1.82) is 0 Å². The minimum absolute atomic E-state index is 0.0467. The molecule has 45 heavy (non-hydrogen) atoms. The topological polar surface area (TPSA) is 84.5 Å². The molecule has 6 atom stereocenters. The highest BCUT2D eigenvalue weighted by atomic mass is 16.7. The Morgan fingerprint density at radius 2 is 1.58 bits per heavy atom. The lowest BCUT2D eigenvalue weighted by atomic mass is 9.84. The molecular formula is C37H57NO7. The quantitative estimate of drug-likeness (QED) is 0.149. The first kappa shape index (κ1) is 34.5. The number of ether oxygens (including phenoxy) is 6. The number of unbranched alkanes of at least 4 members (excludes halogenated alkanes) is 1. The van der Waals surface area contributed by atoms with E-state index < -0.39 is 5.79 Å². The van der Waals surface area contributed by atoms with Gasteiger partial charge in [0.1, 0.15) is 0 Å². The van der Waals surface area contributed by atoms with Crippen molar-refractivity contribution in [1.82, 2.24) is 5.32 Å². The minimum Gasteiger partial charge on any atom is -0.356 e. The minimum atomic E-state index is -0.563. The van der Waals surface area contributed by atoms with Crippen LogP contribution >= 0.6 is 0 Å². The molecule has 0 bridgehead atoms. The number of hydrogen-bond donors (Lipinski definition) is 1. The summed E-state index contributed by atoms with van der Waals surface area (Å²) in [6.07, 6.45) is 18.4. The number of carbonyl (C=O) groups excluding carboxylic acids is 1. The fraction of sp³-hybridized carbons (Fsp3) is 0.757. The van der Waals surface area contributed by atoms with E-state index >= 15 is 0 Å². The Labute approximate surface area is 270 Å². The van der Waals surface area contributed by atoms with E-state index in [1.165, 1.54) is 5.56 Å². The number of benzene rings is 1. The van der Waals surface area contributed by atoms with E-state index in [2.05, 4.69) is 47.8 Å². The summed E-state index contributed by atoms with van der Waals surface area (Å²) in [6, 6.07) is 10.6. The normalized spacial score (nSPS) is 30.2. The van der Waals surface area contributed by atoms with E-state index in [0.29, 0.717) is 26.2 Å².